The Bertz CT molecular complexity index is 922. The van der Waals surface area contributed by atoms with Crippen molar-refractivity contribution in [1.29, 1.82) is 0 Å². The van der Waals surface area contributed by atoms with E-state index in [-0.39, 0.29) is 23.2 Å². The highest BCUT2D eigenvalue weighted by atomic mass is 35.5. The molecule has 1 unspecified atom stereocenters. The predicted molar refractivity (Wildman–Crippen MR) is 108 cm³/mol. The minimum absolute atomic E-state index is 0.00970. The molecule has 0 fully saturated rings. The van der Waals surface area contributed by atoms with Gasteiger partial charge >= 0.3 is 5.97 Å². The van der Waals surface area contributed by atoms with E-state index in [1.54, 1.807) is 45.0 Å². The van der Waals surface area contributed by atoms with E-state index in [0.29, 0.717) is 10.7 Å². The second-order valence-corrected chi connectivity index (χ2v) is 7.75. The van der Waals surface area contributed by atoms with E-state index in [4.69, 9.17) is 16.3 Å². The molecule has 0 saturated carbocycles. The van der Waals surface area contributed by atoms with Crippen LogP contribution in [0.1, 0.15) is 36.7 Å². The number of halogens is 1. The number of esters is 1. The molecular weight excluding hydrogens is 400 g/mol. The highest BCUT2D eigenvalue weighted by Gasteiger charge is 2.25. The van der Waals surface area contributed by atoms with Crippen LogP contribution >= 0.6 is 11.6 Å². The summed E-state index contributed by atoms with van der Waals surface area (Å²) in [5.41, 5.74) is -0.586. The fraction of sp³-hybridized carbons (Fsp3) is 0.300. The number of benzene rings is 2. The second-order valence-electron chi connectivity index (χ2n) is 7.32. The number of anilines is 1. The molecule has 154 valence electrons. The number of aliphatic hydroxyl groups excluding tert-OH is 1. The minimum atomic E-state index is -1.53. The lowest BCUT2D eigenvalue weighted by molar-refractivity contribution is -0.385. The first-order chi connectivity index (χ1) is 13.5. The van der Waals surface area contributed by atoms with Crippen LogP contribution in [0.2, 0.25) is 5.02 Å². The average molecular weight is 421 g/mol. The van der Waals surface area contributed by atoms with Crippen LogP contribution in [-0.2, 0) is 16.0 Å². The molecule has 0 spiro atoms. The summed E-state index contributed by atoms with van der Waals surface area (Å²) in [5, 5.41) is 24.6. The summed E-state index contributed by atoms with van der Waals surface area (Å²) >= 11 is 5.78. The molecule has 9 heteroatoms. The van der Waals surface area contributed by atoms with Crippen LogP contribution < -0.4 is 5.32 Å². The first-order valence-corrected chi connectivity index (χ1v) is 9.09. The third-order valence-corrected chi connectivity index (χ3v) is 4.00. The molecule has 2 aromatic carbocycles. The third kappa shape index (κ3) is 6.55. The van der Waals surface area contributed by atoms with E-state index < -0.39 is 28.5 Å². The van der Waals surface area contributed by atoms with Gasteiger partial charge in [-0.1, -0.05) is 17.7 Å². The van der Waals surface area contributed by atoms with Crippen molar-refractivity contribution in [2.75, 3.05) is 5.32 Å². The van der Waals surface area contributed by atoms with Gasteiger partial charge in [-0.25, -0.2) is 4.79 Å². The summed E-state index contributed by atoms with van der Waals surface area (Å²) in [7, 11) is 0. The zero-order valence-electron chi connectivity index (χ0n) is 16.1. The van der Waals surface area contributed by atoms with Crippen molar-refractivity contribution >= 4 is 34.9 Å². The molecule has 1 amide bonds. The maximum atomic E-state index is 12.2. The van der Waals surface area contributed by atoms with Gasteiger partial charge in [0.25, 0.3) is 11.6 Å². The van der Waals surface area contributed by atoms with Crippen LogP contribution in [-0.4, -0.2) is 33.6 Å². The number of carbonyl (C=O) groups is 2. The molecule has 2 N–H and O–H groups in total. The number of ether oxygens (including phenoxy) is 1. The summed E-state index contributed by atoms with van der Waals surface area (Å²) in [6.07, 6.45) is -1.83. The van der Waals surface area contributed by atoms with Gasteiger partial charge in [-0.15, -0.1) is 0 Å². The van der Waals surface area contributed by atoms with Gasteiger partial charge in [0.1, 0.15) is 11.7 Å². The van der Waals surface area contributed by atoms with E-state index in [1.165, 1.54) is 12.1 Å². The Hall–Kier alpha value is -2.97. The van der Waals surface area contributed by atoms with Crippen LogP contribution in [0.15, 0.2) is 42.5 Å². The van der Waals surface area contributed by atoms with Crippen LogP contribution in [0.3, 0.4) is 0 Å². The molecule has 0 aliphatic carbocycles. The smallest absolute Gasteiger partial charge is 0.338 e. The number of hydrogen-bond acceptors (Lipinski definition) is 6. The summed E-state index contributed by atoms with van der Waals surface area (Å²) in [6.45, 7) is 5.05. The fourth-order valence-corrected chi connectivity index (χ4v) is 2.56. The SMILES string of the molecule is CC(C)(C)OC(=O)c1ccc(CC(O)C(=O)Nc2ccc(Cl)cc2)c([N+](=O)[O-])c1. The molecule has 29 heavy (non-hydrogen) atoms. The van der Waals surface area contributed by atoms with E-state index in [2.05, 4.69) is 5.32 Å². The number of nitro benzene ring substituents is 1. The average Bonchev–Trinajstić information content (AvgIpc) is 2.62. The first-order valence-electron chi connectivity index (χ1n) is 8.71. The van der Waals surface area contributed by atoms with E-state index in [9.17, 15) is 24.8 Å². The number of nitrogens with zero attached hydrogens (tertiary/aromatic N) is 1. The van der Waals surface area contributed by atoms with Crippen molar-refractivity contribution in [3.05, 3.63) is 68.7 Å². The topological polar surface area (TPSA) is 119 Å². The summed E-state index contributed by atoms with van der Waals surface area (Å²) in [4.78, 5) is 35.1. The summed E-state index contributed by atoms with van der Waals surface area (Å²) < 4.78 is 5.21. The van der Waals surface area contributed by atoms with E-state index in [1.807, 2.05) is 0 Å². The van der Waals surface area contributed by atoms with Gasteiger partial charge in [0.15, 0.2) is 0 Å². The molecule has 0 bridgehead atoms. The van der Waals surface area contributed by atoms with Gasteiger partial charge in [-0.05, 0) is 51.1 Å². The maximum absolute atomic E-state index is 12.2. The zero-order chi connectivity index (χ0) is 21.8. The molecule has 0 aliphatic rings. The van der Waals surface area contributed by atoms with Gasteiger partial charge in [0, 0.05) is 28.8 Å². The van der Waals surface area contributed by atoms with Crippen molar-refractivity contribution in [3.63, 3.8) is 0 Å². The Kier molecular flexibility index (Phi) is 6.94. The molecule has 0 aromatic heterocycles. The van der Waals surface area contributed by atoms with Crippen LogP contribution in [0.5, 0.6) is 0 Å². The Morgan fingerprint density at radius 3 is 2.38 bits per heavy atom. The van der Waals surface area contributed by atoms with Gasteiger partial charge in [0.05, 0.1) is 10.5 Å². The van der Waals surface area contributed by atoms with Gasteiger partial charge in [0.2, 0.25) is 0 Å². The number of aliphatic hydroxyl groups is 1. The highest BCUT2D eigenvalue weighted by Crippen LogP contribution is 2.24. The number of nitrogens with one attached hydrogen (secondary N) is 1. The lowest BCUT2D eigenvalue weighted by Crippen LogP contribution is -2.29. The van der Waals surface area contributed by atoms with Crippen LogP contribution in [0, 0.1) is 10.1 Å². The zero-order valence-corrected chi connectivity index (χ0v) is 16.9. The molecule has 2 aromatic rings. The second kappa shape index (κ2) is 9.02. The monoisotopic (exact) mass is 420 g/mol. The molecule has 0 heterocycles. The lowest BCUT2D eigenvalue weighted by atomic mass is 10.0. The molecule has 2 rings (SSSR count). The first kappa shape index (κ1) is 22.3. The highest BCUT2D eigenvalue weighted by molar-refractivity contribution is 6.30. The quantitative estimate of drug-likeness (QED) is 0.417. The van der Waals surface area contributed by atoms with Gasteiger partial charge in [-0.2, -0.15) is 0 Å². The predicted octanol–water partition coefficient (Wildman–Crippen LogP) is 3.75. The number of amides is 1. The normalized spacial score (nSPS) is 12.2. The largest absolute Gasteiger partial charge is 0.456 e. The van der Waals surface area contributed by atoms with Gasteiger partial charge in [-0.3, -0.25) is 14.9 Å². The Balaban J connectivity index is 2.16. The fourth-order valence-electron chi connectivity index (χ4n) is 2.43. The number of hydrogen-bond donors (Lipinski definition) is 2. The van der Waals surface area contributed by atoms with Gasteiger partial charge < -0.3 is 15.2 Å². The van der Waals surface area contributed by atoms with Crippen molar-refractivity contribution in [1.82, 2.24) is 0 Å². The van der Waals surface area contributed by atoms with E-state index in [0.717, 1.165) is 6.07 Å². The van der Waals surface area contributed by atoms with Crippen molar-refractivity contribution < 1.29 is 24.4 Å². The number of carbonyl (C=O) groups excluding carboxylic acids is 2. The molecule has 1 atom stereocenters. The standard InChI is InChI=1S/C20H21ClN2O6/c1-20(2,3)29-19(26)13-5-4-12(16(10-13)23(27)28)11-17(24)18(25)22-15-8-6-14(21)7-9-15/h4-10,17,24H,11H2,1-3H3,(H,22,25). The molecular formula is C20H21ClN2O6. The lowest BCUT2D eigenvalue weighted by Gasteiger charge is -2.19. The third-order valence-electron chi connectivity index (χ3n) is 3.74. The minimum Gasteiger partial charge on any atom is -0.456 e. The summed E-state index contributed by atoms with van der Waals surface area (Å²) in [5.74, 6) is -1.42. The molecule has 8 nitrogen and oxygen atoms in total. The van der Waals surface area contributed by atoms with Crippen molar-refractivity contribution in [2.45, 2.75) is 38.9 Å². The maximum Gasteiger partial charge on any atom is 0.338 e. The Labute approximate surface area is 172 Å². The Morgan fingerprint density at radius 2 is 1.83 bits per heavy atom. The van der Waals surface area contributed by atoms with E-state index >= 15 is 0 Å². The number of rotatable bonds is 6. The van der Waals surface area contributed by atoms with Crippen molar-refractivity contribution in [3.8, 4) is 0 Å². The summed E-state index contributed by atoms with van der Waals surface area (Å²) in [6, 6.07) is 10.0. The number of nitro groups is 1. The van der Waals surface area contributed by atoms with Crippen LogP contribution in [0.4, 0.5) is 11.4 Å². The van der Waals surface area contributed by atoms with Crippen LogP contribution in [0.25, 0.3) is 0 Å². The Morgan fingerprint density at radius 1 is 1.21 bits per heavy atom. The molecule has 0 radical (unpaired) electrons. The molecule has 0 saturated heterocycles. The molecule has 0 aliphatic heterocycles. The van der Waals surface area contributed by atoms with Crippen molar-refractivity contribution in [2.24, 2.45) is 0 Å².